The summed E-state index contributed by atoms with van der Waals surface area (Å²) in [6, 6.07) is 9.72. The number of nitrogens with zero attached hydrogens (tertiary/aromatic N) is 5. The van der Waals surface area contributed by atoms with Crippen LogP contribution in [0.4, 0.5) is 4.39 Å². The Morgan fingerprint density at radius 3 is 2.56 bits per heavy atom. The van der Waals surface area contributed by atoms with Crippen LogP contribution in [0.2, 0.25) is 0 Å². The second kappa shape index (κ2) is 10.3. The van der Waals surface area contributed by atoms with E-state index in [1.54, 1.807) is 30.0 Å². The zero-order valence-corrected chi connectivity index (χ0v) is 21.0. The summed E-state index contributed by atoms with van der Waals surface area (Å²) in [4.78, 5) is 39.8. The molecule has 2 aliphatic rings. The van der Waals surface area contributed by atoms with Crippen LogP contribution in [-0.2, 0) is 19.5 Å². The fraction of sp³-hybridized carbons (Fsp3) is 0.429. The maximum Gasteiger partial charge on any atom is 0.272 e. The Hall–Kier alpha value is -3.39. The van der Waals surface area contributed by atoms with Crippen molar-refractivity contribution in [3.05, 3.63) is 81.0 Å². The number of aromatic nitrogens is 3. The van der Waals surface area contributed by atoms with E-state index in [9.17, 15) is 14.0 Å². The van der Waals surface area contributed by atoms with Gasteiger partial charge in [0.25, 0.3) is 11.5 Å². The van der Waals surface area contributed by atoms with Gasteiger partial charge in [0.2, 0.25) is 0 Å². The summed E-state index contributed by atoms with van der Waals surface area (Å²) in [5, 5.41) is 0. The molecule has 1 aromatic carbocycles. The van der Waals surface area contributed by atoms with Crippen molar-refractivity contribution >= 4 is 5.91 Å². The maximum absolute atomic E-state index is 14.1. The first kappa shape index (κ1) is 24.3. The lowest BCUT2D eigenvalue weighted by Crippen LogP contribution is -2.41. The molecule has 2 aromatic heterocycles. The molecule has 36 heavy (non-hydrogen) atoms. The largest absolute Gasteiger partial charge is 0.333 e. The van der Waals surface area contributed by atoms with Crippen molar-refractivity contribution in [2.24, 2.45) is 0 Å². The Morgan fingerprint density at radius 1 is 1.00 bits per heavy atom. The molecule has 4 heterocycles. The maximum atomic E-state index is 14.1. The molecule has 2 aliphatic heterocycles. The van der Waals surface area contributed by atoms with E-state index in [1.165, 1.54) is 31.4 Å². The van der Waals surface area contributed by atoms with Gasteiger partial charge in [-0.05, 0) is 75.2 Å². The van der Waals surface area contributed by atoms with Gasteiger partial charge in [0.1, 0.15) is 17.3 Å². The van der Waals surface area contributed by atoms with Crippen LogP contribution < -0.4 is 5.56 Å². The standard InChI is InChI=1S/C28H32FN5O2/c1-19-15-25(31-20(2)30-19)28(36)33-12-9-26-22(18-33)17-24(21-7-6-8-23(29)16-21)27(35)34(26)14-13-32-10-4-3-5-11-32/h6-8,15-17H,3-5,9-14,18H2,1-2H3. The molecule has 0 saturated carbocycles. The fourth-order valence-electron chi connectivity index (χ4n) is 5.40. The summed E-state index contributed by atoms with van der Waals surface area (Å²) in [5.41, 5.74) is 3.95. The average molecular weight is 490 g/mol. The highest BCUT2D eigenvalue weighted by Crippen LogP contribution is 2.25. The van der Waals surface area contributed by atoms with E-state index in [0.29, 0.717) is 48.7 Å². The molecule has 0 unspecified atom stereocenters. The van der Waals surface area contributed by atoms with Gasteiger partial charge in [0, 0.05) is 49.6 Å². The monoisotopic (exact) mass is 489 g/mol. The highest BCUT2D eigenvalue weighted by atomic mass is 19.1. The van der Waals surface area contributed by atoms with Crippen LogP contribution in [0.15, 0.2) is 41.2 Å². The quantitative estimate of drug-likeness (QED) is 0.546. The van der Waals surface area contributed by atoms with Crippen molar-refractivity contribution < 1.29 is 9.18 Å². The number of hydrogen-bond acceptors (Lipinski definition) is 5. The molecular formula is C28H32FN5O2. The third kappa shape index (κ3) is 5.09. The minimum absolute atomic E-state index is 0.0989. The Balaban J connectivity index is 1.50. The van der Waals surface area contributed by atoms with Gasteiger partial charge < -0.3 is 14.4 Å². The molecule has 3 aromatic rings. The smallest absolute Gasteiger partial charge is 0.272 e. The van der Waals surface area contributed by atoms with E-state index in [0.717, 1.165) is 36.6 Å². The van der Waals surface area contributed by atoms with Gasteiger partial charge in [-0.25, -0.2) is 14.4 Å². The van der Waals surface area contributed by atoms with E-state index in [4.69, 9.17) is 0 Å². The molecule has 1 saturated heterocycles. The van der Waals surface area contributed by atoms with Crippen molar-refractivity contribution in [2.45, 2.75) is 52.6 Å². The van der Waals surface area contributed by atoms with E-state index < -0.39 is 0 Å². The zero-order valence-electron chi connectivity index (χ0n) is 21.0. The molecule has 0 N–H and O–H groups in total. The SMILES string of the molecule is Cc1cc(C(=O)N2CCc3c(cc(-c4cccc(F)c4)c(=O)n3CCN3CCCCC3)C2)nc(C)n1. The number of carbonyl (C=O) groups is 1. The predicted molar refractivity (Wildman–Crippen MR) is 136 cm³/mol. The minimum atomic E-state index is -0.379. The van der Waals surface area contributed by atoms with Crippen molar-refractivity contribution in [2.75, 3.05) is 26.2 Å². The molecule has 0 spiro atoms. The van der Waals surface area contributed by atoms with Crippen LogP contribution in [-0.4, -0.2) is 56.4 Å². The molecule has 8 heteroatoms. The number of carbonyl (C=O) groups excluding carboxylic acids is 1. The van der Waals surface area contributed by atoms with E-state index in [-0.39, 0.29) is 17.3 Å². The topological polar surface area (TPSA) is 71.3 Å². The molecule has 1 amide bonds. The average Bonchev–Trinajstić information content (AvgIpc) is 2.87. The third-order valence-electron chi connectivity index (χ3n) is 7.17. The molecule has 0 aliphatic carbocycles. The Bertz CT molecular complexity index is 1330. The van der Waals surface area contributed by atoms with Gasteiger partial charge in [-0.15, -0.1) is 0 Å². The van der Waals surface area contributed by atoms with Crippen molar-refractivity contribution in [1.29, 1.82) is 0 Å². The number of amides is 1. The van der Waals surface area contributed by atoms with E-state index >= 15 is 0 Å². The Labute approximate surface area is 210 Å². The lowest BCUT2D eigenvalue weighted by Gasteiger charge is -2.32. The second-order valence-electron chi connectivity index (χ2n) is 9.82. The lowest BCUT2D eigenvalue weighted by atomic mass is 9.98. The molecule has 5 rings (SSSR count). The molecule has 0 bridgehead atoms. The summed E-state index contributed by atoms with van der Waals surface area (Å²) in [7, 11) is 0. The summed E-state index contributed by atoms with van der Waals surface area (Å²) < 4.78 is 15.9. The van der Waals surface area contributed by atoms with Crippen LogP contribution in [0.3, 0.4) is 0 Å². The summed E-state index contributed by atoms with van der Waals surface area (Å²) in [6.45, 7) is 8.02. The van der Waals surface area contributed by atoms with Crippen molar-refractivity contribution in [3.8, 4) is 11.1 Å². The molecule has 188 valence electrons. The van der Waals surface area contributed by atoms with Crippen LogP contribution in [0, 0.1) is 19.7 Å². The predicted octanol–water partition coefficient (Wildman–Crippen LogP) is 3.75. The van der Waals surface area contributed by atoms with Gasteiger partial charge in [0.15, 0.2) is 0 Å². The third-order valence-corrected chi connectivity index (χ3v) is 7.17. The number of halogens is 1. The van der Waals surface area contributed by atoms with Gasteiger partial charge in [-0.3, -0.25) is 9.59 Å². The fourth-order valence-corrected chi connectivity index (χ4v) is 5.40. The summed E-state index contributed by atoms with van der Waals surface area (Å²) in [6.07, 6.45) is 4.23. The Morgan fingerprint density at radius 2 is 1.81 bits per heavy atom. The number of pyridine rings is 1. The lowest BCUT2D eigenvalue weighted by molar-refractivity contribution is 0.0725. The molecule has 0 atom stereocenters. The van der Waals surface area contributed by atoms with Crippen molar-refractivity contribution in [3.63, 3.8) is 0 Å². The number of aryl methyl sites for hydroxylation is 2. The Kier molecular flexibility index (Phi) is 6.96. The molecular weight excluding hydrogens is 457 g/mol. The molecule has 7 nitrogen and oxygen atoms in total. The molecule has 0 radical (unpaired) electrons. The number of benzene rings is 1. The number of hydrogen-bond donors (Lipinski definition) is 0. The number of likely N-dealkylation sites (tertiary alicyclic amines) is 1. The highest BCUT2D eigenvalue weighted by Gasteiger charge is 2.27. The van der Waals surface area contributed by atoms with Gasteiger partial charge in [-0.1, -0.05) is 18.6 Å². The minimum Gasteiger partial charge on any atom is -0.333 e. The van der Waals surface area contributed by atoms with Crippen LogP contribution in [0.5, 0.6) is 0 Å². The zero-order chi connectivity index (χ0) is 25.2. The van der Waals surface area contributed by atoms with Gasteiger partial charge in [0.05, 0.1) is 0 Å². The highest BCUT2D eigenvalue weighted by molar-refractivity contribution is 5.92. The van der Waals surface area contributed by atoms with Crippen LogP contribution in [0.1, 0.15) is 52.5 Å². The number of piperidine rings is 1. The van der Waals surface area contributed by atoms with Gasteiger partial charge >= 0.3 is 0 Å². The first-order chi connectivity index (χ1) is 17.4. The summed E-state index contributed by atoms with van der Waals surface area (Å²) >= 11 is 0. The number of fused-ring (bicyclic) bond motifs is 1. The summed E-state index contributed by atoms with van der Waals surface area (Å²) in [5.74, 6) is 0.0408. The van der Waals surface area contributed by atoms with Crippen molar-refractivity contribution in [1.82, 2.24) is 24.3 Å². The van der Waals surface area contributed by atoms with Gasteiger partial charge in [-0.2, -0.15) is 0 Å². The first-order valence-corrected chi connectivity index (χ1v) is 12.7. The van der Waals surface area contributed by atoms with E-state index in [1.807, 2.05) is 17.6 Å². The van der Waals surface area contributed by atoms with E-state index in [2.05, 4.69) is 14.9 Å². The molecule has 1 fully saturated rings. The first-order valence-electron chi connectivity index (χ1n) is 12.7. The normalized spacial score (nSPS) is 16.1. The number of rotatable bonds is 5. The second-order valence-corrected chi connectivity index (χ2v) is 9.82. The van der Waals surface area contributed by atoms with Crippen LogP contribution in [0.25, 0.3) is 11.1 Å². The van der Waals surface area contributed by atoms with Crippen LogP contribution >= 0.6 is 0 Å².